The molecule has 0 aliphatic carbocycles. The molecule has 1 aromatic carbocycles. The minimum absolute atomic E-state index is 0.107. The van der Waals surface area contributed by atoms with Crippen molar-refractivity contribution in [3.63, 3.8) is 0 Å². The van der Waals surface area contributed by atoms with Crippen LogP contribution >= 0.6 is 0 Å². The average molecular weight is 258 g/mol. The van der Waals surface area contributed by atoms with Crippen molar-refractivity contribution in [2.45, 2.75) is 33.2 Å². The molecule has 0 spiro atoms. The van der Waals surface area contributed by atoms with E-state index < -0.39 is 22.2 Å². The van der Waals surface area contributed by atoms with Crippen molar-refractivity contribution < 1.29 is 13.7 Å². The number of hydrogen-bond acceptors (Lipinski definition) is 3. The predicted octanol–water partition coefficient (Wildman–Crippen LogP) is 3.72. The van der Waals surface area contributed by atoms with E-state index in [0.29, 0.717) is 12.0 Å². The largest absolute Gasteiger partial charge is 0.377 e. The third kappa shape index (κ3) is 3.65. The first kappa shape index (κ1) is 14.3. The van der Waals surface area contributed by atoms with Gasteiger partial charge in [-0.1, -0.05) is 13.8 Å². The highest BCUT2D eigenvalue weighted by Gasteiger charge is 2.23. The number of halogens is 2. The van der Waals surface area contributed by atoms with Crippen molar-refractivity contribution in [3.8, 4) is 0 Å². The summed E-state index contributed by atoms with van der Waals surface area (Å²) in [5.41, 5.74) is -0.836. The van der Waals surface area contributed by atoms with Crippen LogP contribution in [-0.4, -0.2) is 11.0 Å². The Morgan fingerprint density at radius 3 is 2.44 bits per heavy atom. The summed E-state index contributed by atoms with van der Waals surface area (Å²) in [5, 5.41) is 13.5. The van der Waals surface area contributed by atoms with Crippen molar-refractivity contribution in [2.24, 2.45) is 5.92 Å². The van der Waals surface area contributed by atoms with E-state index in [0.717, 1.165) is 12.5 Å². The summed E-state index contributed by atoms with van der Waals surface area (Å²) in [4.78, 5) is 9.91. The van der Waals surface area contributed by atoms with E-state index in [1.165, 1.54) is 0 Å². The molecule has 6 heteroatoms. The molecule has 1 rings (SSSR count). The van der Waals surface area contributed by atoms with Crippen LogP contribution in [-0.2, 0) is 0 Å². The summed E-state index contributed by atoms with van der Waals surface area (Å²) >= 11 is 0. The van der Waals surface area contributed by atoms with Gasteiger partial charge >= 0.3 is 5.69 Å². The van der Waals surface area contributed by atoms with E-state index in [-0.39, 0.29) is 11.7 Å². The van der Waals surface area contributed by atoms with E-state index in [4.69, 9.17) is 0 Å². The zero-order valence-electron chi connectivity index (χ0n) is 10.5. The van der Waals surface area contributed by atoms with Gasteiger partial charge in [0.25, 0.3) is 0 Å². The summed E-state index contributed by atoms with van der Waals surface area (Å²) in [6.07, 6.45) is 0.745. The Kier molecular flexibility index (Phi) is 4.58. The van der Waals surface area contributed by atoms with Gasteiger partial charge in [0.15, 0.2) is 0 Å². The van der Waals surface area contributed by atoms with Crippen molar-refractivity contribution in [1.82, 2.24) is 0 Å². The highest BCUT2D eigenvalue weighted by atomic mass is 19.1. The minimum atomic E-state index is -1.17. The highest BCUT2D eigenvalue weighted by molar-refractivity contribution is 5.62. The number of nitro groups is 1. The number of rotatable bonds is 5. The lowest BCUT2D eigenvalue weighted by Crippen LogP contribution is -2.18. The first-order chi connectivity index (χ1) is 8.31. The van der Waals surface area contributed by atoms with Gasteiger partial charge in [0, 0.05) is 18.2 Å². The van der Waals surface area contributed by atoms with Gasteiger partial charge in [0.05, 0.1) is 4.92 Å². The summed E-state index contributed by atoms with van der Waals surface area (Å²) in [6, 6.07) is 1.35. The molecule has 1 unspecified atom stereocenters. The highest BCUT2D eigenvalue weighted by Crippen LogP contribution is 2.29. The Bertz CT molecular complexity index is 450. The lowest BCUT2D eigenvalue weighted by atomic mass is 10.0. The van der Waals surface area contributed by atoms with Crippen LogP contribution in [0.4, 0.5) is 20.2 Å². The molecule has 1 atom stereocenters. The Hall–Kier alpha value is -1.72. The van der Waals surface area contributed by atoms with E-state index in [2.05, 4.69) is 5.32 Å². The number of nitrogens with one attached hydrogen (secondary N) is 1. The zero-order chi connectivity index (χ0) is 13.9. The minimum Gasteiger partial charge on any atom is -0.377 e. The molecule has 0 saturated heterocycles. The molecule has 1 aromatic rings. The molecular weight excluding hydrogens is 242 g/mol. The molecule has 18 heavy (non-hydrogen) atoms. The lowest BCUT2D eigenvalue weighted by molar-refractivity contribution is -0.386. The van der Waals surface area contributed by atoms with Crippen LogP contribution in [0.2, 0.25) is 0 Å². The SMILES string of the molecule is CC(C)CC(C)Nc1cc(F)cc(F)c1[N+](=O)[O-]. The Morgan fingerprint density at radius 2 is 1.94 bits per heavy atom. The van der Waals surface area contributed by atoms with E-state index in [1.54, 1.807) is 0 Å². The molecule has 0 aliphatic heterocycles. The summed E-state index contributed by atoms with van der Waals surface area (Å²) in [7, 11) is 0. The predicted molar refractivity (Wildman–Crippen MR) is 65.6 cm³/mol. The summed E-state index contributed by atoms with van der Waals surface area (Å²) in [5.74, 6) is -1.62. The van der Waals surface area contributed by atoms with Gasteiger partial charge in [-0.3, -0.25) is 10.1 Å². The monoisotopic (exact) mass is 258 g/mol. The number of nitrogens with zero attached hydrogens (tertiary/aromatic N) is 1. The van der Waals surface area contributed by atoms with Crippen molar-refractivity contribution in [1.29, 1.82) is 0 Å². The topological polar surface area (TPSA) is 55.2 Å². The standard InChI is InChI=1S/C12H16F2N2O2/c1-7(2)4-8(3)15-11-6-9(13)5-10(14)12(11)16(17)18/h5-8,15H,4H2,1-3H3. The molecule has 0 aliphatic rings. The third-order valence-electron chi connectivity index (χ3n) is 2.44. The normalized spacial score (nSPS) is 12.6. The van der Waals surface area contributed by atoms with Crippen LogP contribution in [0.5, 0.6) is 0 Å². The van der Waals surface area contributed by atoms with Crippen LogP contribution in [0.25, 0.3) is 0 Å². The van der Waals surface area contributed by atoms with E-state index in [1.807, 2.05) is 20.8 Å². The van der Waals surface area contributed by atoms with E-state index in [9.17, 15) is 18.9 Å². The maximum Gasteiger partial charge on any atom is 0.327 e. The van der Waals surface area contributed by atoms with Crippen molar-refractivity contribution in [2.75, 3.05) is 5.32 Å². The fraction of sp³-hybridized carbons (Fsp3) is 0.500. The summed E-state index contributed by atoms with van der Waals surface area (Å²) in [6.45, 7) is 5.81. The zero-order valence-corrected chi connectivity index (χ0v) is 10.5. The second-order valence-electron chi connectivity index (χ2n) is 4.72. The van der Waals surface area contributed by atoms with Crippen molar-refractivity contribution in [3.05, 3.63) is 33.9 Å². The number of nitro benzene ring substituents is 1. The molecule has 0 fully saturated rings. The second-order valence-corrected chi connectivity index (χ2v) is 4.72. The van der Waals surface area contributed by atoms with Gasteiger partial charge in [-0.2, -0.15) is 4.39 Å². The third-order valence-corrected chi connectivity index (χ3v) is 2.44. The molecule has 0 aromatic heterocycles. The molecule has 4 nitrogen and oxygen atoms in total. The first-order valence-electron chi connectivity index (χ1n) is 5.71. The molecule has 0 amide bonds. The Labute approximate surface area is 104 Å². The Balaban J connectivity index is 3.03. The number of anilines is 1. The number of benzene rings is 1. The summed E-state index contributed by atoms with van der Waals surface area (Å²) < 4.78 is 26.4. The number of hydrogen-bond donors (Lipinski definition) is 1. The van der Waals surface area contributed by atoms with Crippen LogP contribution in [0.3, 0.4) is 0 Å². The van der Waals surface area contributed by atoms with Crippen LogP contribution < -0.4 is 5.32 Å². The van der Waals surface area contributed by atoms with Gasteiger partial charge in [0.1, 0.15) is 11.5 Å². The van der Waals surface area contributed by atoms with Crippen molar-refractivity contribution >= 4 is 11.4 Å². The average Bonchev–Trinajstić information content (AvgIpc) is 2.12. The van der Waals surface area contributed by atoms with Gasteiger partial charge in [0.2, 0.25) is 5.82 Å². The maximum absolute atomic E-state index is 13.4. The van der Waals surface area contributed by atoms with Gasteiger partial charge in [-0.25, -0.2) is 4.39 Å². The van der Waals surface area contributed by atoms with E-state index >= 15 is 0 Å². The molecule has 0 radical (unpaired) electrons. The lowest BCUT2D eigenvalue weighted by Gasteiger charge is -2.17. The van der Waals surface area contributed by atoms with Crippen LogP contribution in [0.15, 0.2) is 12.1 Å². The smallest absolute Gasteiger partial charge is 0.327 e. The molecule has 100 valence electrons. The quantitative estimate of drug-likeness (QED) is 0.646. The maximum atomic E-state index is 13.4. The fourth-order valence-corrected chi connectivity index (χ4v) is 1.89. The molecule has 0 saturated carbocycles. The first-order valence-corrected chi connectivity index (χ1v) is 5.71. The van der Waals surface area contributed by atoms with Crippen LogP contribution in [0, 0.1) is 27.7 Å². The van der Waals surface area contributed by atoms with Gasteiger partial charge in [-0.15, -0.1) is 0 Å². The van der Waals surface area contributed by atoms with Crippen LogP contribution in [0.1, 0.15) is 27.2 Å². The van der Waals surface area contributed by atoms with Gasteiger partial charge in [-0.05, 0) is 19.3 Å². The molecule has 0 heterocycles. The molecular formula is C12H16F2N2O2. The van der Waals surface area contributed by atoms with Gasteiger partial charge < -0.3 is 5.32 Å². The molecule has 1 N–H and O–H groups in total. The Morgan fingerprint density at radius 1 is 1.33 bits per heavy atom. The molecule has 0 bridgehead atoms. The second kappa shape index (κ2) is 5.75. The fourth-order valence-electron chi connectivity index (χ4n) is 1.89.